The lowest BCUT2D eigenvalue weighted by atomic mass is 10.3. The highest BCUT2D eigenvalue weighted by Crippen LogP contribution is 2.12. The molecule has 0 aliphatic carbocycles. The van der Waals surface area contributed by atoms with Gasteiger partial charge in [-0.25, -0.2) is 4.98 Å². The minimum Gasteiger partial charge on any atom is -0.370 e. The quantitative estimate of drug-likeness (QED) is 0.743. The number of nitrogens with zero attached hydrogens (tertiary/aromatic N) is 1. The normalized spacial score (nSPS) is 12.2. The molecule has 0 spiro atoms. The lowest BCUT2D eigenvalue weighted by Crippen LogP contribution is -2.35. The lowest BCUT2D eigenvalue weighted by molar-refractivity contribution is -0.125. The summed E-state index contributed by atoms with van der Waals surface area (Å²) in [6.45, 7) is 0.126. The first-order valence-electron chi connectivity index (χ1n) is 4.32. The largest absolute Gasteiger partial charge is 0.370 e. The van der Waals surface area contributed by atoms with E-state index < -0.39 is 6.10 Å². The van der Waals surface area contributed by atoms with Crippen molar-refractivity contribution in [1.29, 1.82) is 0 Å². The third-order valence-electron chi connectivity index (χ3n) is 1.79. The molecule has 3 N–H and O–H groups in total. The standard InChI is InChI=1S/C9H12ClN3O2/c1-15-7(5-11)9(14)13-6-2-3-12-8(10)4-6/h2-4,7H,5,11H2,1H3,(H,12,13,14). The molecular formula is C9H12ClN3O2. The third kappa shape index (κ3) is 3.47. The molecule has 0 aliphatic heterocycles. The molecule has 0 fully saturated rings. The molecule has 1 aromatic heterocycles. The minimum absolute atomic E-state index is 0.126. The molecule has 0 radical (unpaired) electrons. The van der Waals surface area contributed by atoms with E-state index in [0.717, 1.165) is 0 Å². The van der Waals surface area contributed by atoms with Gasteiger partial charge in [0.1, 0.15) is 11.3 Å². The second-order valence-electron chi connectivity index (χ2n) is 2.82. The molecule has 1 amide bonds. The summed E-state index contributed by atoms with van der Waals surface area (Å²) in [5.74, 6) is -0.303. The van der Waals surface area contributed by atoms with Crippen LogP contribution >= 0.6 is 11.6 Å². The van der Waals surface area contributed by atoms with Crippen LogP contribution in [0.25, 0.3) is 0 Å². The molecule has 1 heterocycles. The highest BCUT2D eigenvalue weighted by Gasteiger charge is 2.15. The average Bonchev–Trinajstić information content (AvgIpc) is 2.19. The number of amides is 1. The second-order valence-corrected chi connectivity index (χ2v) is 3.20. The van der Waals surface area contributed by atoms with Crippen molar-refractivity contribution in [3.8, 4) is 0 Å². The van der Waals surface area contributed by atoms with E-state index in [-0.39, 0.29) is 12.5 Å². The number of halogens is 1. The summed E-state index contributed by atoms with van der Waals surface area (Å²) >= 11 is 5.66. The summed E-state index contributed by atoms with van der Waals surface area (Å²) in [5, 5.41) is 2.93. The van der Waals surface area contributed by atoms with Gasteiger partial charge in [-0.05, 0) is 12.1 Å². The first kappa shape index (κ1) is 11.9. The molecule has 0 bridgehead atoms. The number of rotatable bonds is 4. The third-order valence-corrected chi connectivity index (χ3v) is 1.99. The van der Waals surface area contributed by atoms with E-state index in [2.05, 4.69) is 10.3 Å². The van der Waals surface area contributed by atoms with Crippen molar-refractivity contribution in [1.82, 2.24) is 4.98 Å². The number of carbonyl (C=O) groups is 1. The van der Waals surface area contributed by atoms with Gasteiger partial charge in [0.15, 0.2) is 0 Å². The monoisotopic (exact) mass is 229 g/mol. The van der Waals surface area contributed by atoms with Crippen LogP contribution < -0.4 is 11.1 Å². The Morgan fingerprint density at radius 2 is 2.53 bits per heavy atom. The van der Waals surface area contributed by atoms with Gasteiger partial charge in [0.25, 0.3) is 5.91 Å². The summed E-state index contributed by atoms with van der Waals surface area (Å²) in [6.07, 6.45) is 0.847. The van der Waals surface area contributed by atoms with Crippen LogP contribution in [0.1, 0.15) is 0 Å². The fourth-order valence-corrected chi connectivity index (χ4v) is 1.19. The molecule has 1 atom stereocenters. The predicted octanol–water partition coefficient (Wildman–Crippen LogP) is 0.647. The van der Waals surface area contributed by atoms with Crippen molar-refractivity contribution in [3.63, 3.8) is 0 Å². The Kier molecular flexibility index (Phi) is 4.48. The molecule has 6 heteroatoms. The number of hydrogen-bond donors (Lipinski definition) is 2. The average molecular weight is 230 g/mol. The molecular weight excluding hydrogens is 218 g/mol. The number of nitrogens with one attached hydrogen (secondary N) is 1. The van der Waals surface area contributed by atoms with Crippen molar-refractivity contribution in [2.45, 2.75) is 6.10 Å². The van der Waals surface area contributed by atoms with Crippen LogP contribution in [0, 0.1) is 0 Å². The van der Waals surface area contributed by atoms with Gasteiger partial charge in [-0.2, -0.15) is 0 Å². The van der Waals surface area contributed by atoms with E-state index in [1.165, 1.54) is 13.3 Å². The maximum atomic E-state index is 11.5. The fourth-order valence-electron chi connectivity index (χ4n) is 1.01. The summed E-state index contributed by atoms with van der Waals surface area (Å²) in [6, 6.07) is 3.18. The van der Waals surface area contributed by atoms with E-state index >= 15 is 0 Å². The van der Waals surface area contributed by atoms with Crippen molar-refractivity contribution in [3.05, 3.63) is 23.5 Å². The van der Waals surface area contributed by atoms with Crippen molar-refractivity contribution < 1.29 is 9.53 Å². The van der Waals surface area contributed by atoms with Gasteiger partial charge >= 0.3 is 0 Å². The molecule has 82 valence electrons. The summed E-state index contributed by atoms with van der Waals surface area (Å²) in [4.78, 5) is 15.3. The summed E-state index contributed by atoms with van der Waals surface area (Å²) < 4.78 is 4.88. The Hall–Kier alpha value is -1.17. The predicted molar refractivity (Wildman–Crippen MR) is 57.7 cm³/mol. The van der Waals surface area contributed by atoms with Gasteiger partial charge in [-0.3, -0.25) is 4.79 Å². The first-order chi connectivity index (χ1) is 7.17. The molecule has 0 aliphatic rings. The number of hydrogen-bond acceptors (Lipinski definition) is 4. The number of methoxy groups -OCH3 is 1. The van der Waals surface area contributed by atoms with Gasteiger partial charge in [0.2, 0.25) is 0 Å². The van der Waals surface area contributed by atoms with Crippen LogP contribution in [0.2, 0.25) is 5.15 Å². The Balaban J connectivity index is 2.65. The van der Waals surface area contributed by atoms with Crippen LogP contribution in [0.15, 0.2) is 18.3 Å². The molecule has 15 heavy (non-hydrogen) atoms. The maximum absolute atomic E-state index is 11.5. The Morgan fingerprint density at radius 1 is 1.80 bits per heavy atom. The minimum atomic E-state index is -0.656. The number of carbonyl (C=O) groups excluding carboxylic acids is 1. The van der Waals surface area contributed by atoms with Crippen LogP contribution in [0.4, 0.5) is 5.69 Å². The molecule has 1 aromatic rings. The van der Waals surface area contributed by atoms with E-state index in [1.54, 1.807) is 12.1 Å². The van der Waals surface area contributed by atoms with Crippen LogP contribution in [-0.2, 0) is 9.53 Å². The molecule has 0 saturated heterocycles. The van der Waals surface area contributed by atoms with Crippen molar-refractivity contribution in [2.24, 2.45) is 5.73 Å². The molecule has 5 nitrogen and oxygen atoms in total. The van der Waals surface area contributed by atoms with Gasteiger partial charge in [0, 0.05) is 25.5 Å². The number of ether oxygens (including phenoxy) is 1. The van der Waals surface area contributed by atoms with Gasteiger partial charge in [-0.15, -0.1) is 0 Å². The van der Waals surface area contributed by atoms with Crippen LogP contribution in [-0.4, -0.2) is 30.6 Å². The smallest absolute Gasteiger partial charge is 0.254 e. The van der Waals surface area contributed by atoms with Crippen molar-refractivity contribution >= 4 is 23.2 Å². The Bertz CT molecular complexity index is 342. The van der Waals surface area contributed by atoms with E-state index in [9.17, 15) is 4.79 Å². The zero-order valence-corrected chi connectivity index (χ0v) is 8.99. The van der Waals surface area contributed by atoms with Gasteiger partial charge in [0.05, 0.1) is 0 Å². The zero-order valence-electron chi connectivity index (χ0n) is 8.24. The summed E-state index contributed by atoms with van der Waals surface area (Å²) in [5.41, 5.74) is 5.91. The number of pyridine rings is 1. The molecule has 0 aromatic carbocycles. The maximum Gasteiger partial charge on any atom is 0.254 e. The van der Waals surface area contributed by atoms with E-state index in [0.29, 0.717) is 10.8 Å². The fraction of sp³-hybridized carbons (Fsp3) is 0.333. The second kappa shape index (κ2) is 5.65. The zero-order chi connectivity index (χ0) is 11.3. The number of nitrogens with two attached hydrogens (primary N) is 1. The van der Waals surface area contributed by atoms with E-state index in [1.807, 2.05) is 0 Å². The van der Waals surface area contributed by atoms with Gasteiger partial charge in [-0.1, -0.05) is 11.6 Å². The van der Waals surface area contributed by atoms with Crippen LogP contribution in [0.5, 0.6) is 0 Å². The topological polar surface area (TPSA) is 77.2 Å². The van der Waals surface area contributed by atoms with Crippen LogP contribution in [0.3, 0.4) is 0 Å². The van der Waals surface area contributed by atoms with E-state index in [4.69, 9.17) is 22.1 Å². The Labute approximate surface area is 92.6 Å². The highest BCUT2D eigenvalue weighted by molar-refractivity contribution is 6.29. The first-order valence-corrected chi connectivity index (χ1v) is 4.70. The van der Waals surface area contributed by atoms with Gasteiger partial charge < -0.3 is 15.8 Å². The summed E-state index contributed by atoms with van der Waals surface area (Å²) in [7, 11) is 1.43. The lowest BCUT2D eigenvalue weighted by Gasteiger charge is -2.12. The number of aromatic nitrogens is 1. The Morgan fingerprint density at radius 3 is 3.07 bits per heavy atom. The number of anilines is 1. The highest BCUT2D eigenvalue weighted by atomic mass is 35.5. The van der Waals surface area contributed by atoms with Crippen molar-refractivity contribution in [2.75, 3.05) is 19.0 Å². The molecule has 0 saturated carbocycles. The SMILES string of the molecule is COC(CN)C(=O)Nc1ccnc(Cl)c1. The molecule has 1 rings (SSSR count). The molecule has 1 unspecified atom stereocenters.